The Morgan fingerprint density at radius 3 is 2.70 bits per heavy atom. The third kappa shape index (κ3) is 3.39. The van der Waals surface area contributed by atoms with Crippen molar-refractivity contribution in [2.75, 3.05) is 13.1 Å². The zero-order valence-electron chi connectivity index (χ0n) is 11.8. The van der Waals surface area contributed by atoms with Gasteiger partial charge in [-0.1, -0.05) is 31.0 Å². The van der Waals surface area contributed by atoms with E-state index in [9.17, 15) is 9.18 Å². The molecule has 0 radical (unpaired) electrons. The summed E-state index contributed by atoms with van der Waals surface area (Å²) in [5.41, 5.74) is 0.504. The van der Waals surface area contributed by atoms with Crippen LogP contribution in [0.1, 0.15) is 38.2 Å². The van der Waals surface area contributed by atoms with E-state index in [1.165, 1.54) is 12.1 Å². The molecule has 0 atom stereocenters. The van der Waals surface area contributed by atoms with Crippen LogP contribution in [-0.4, -0.2) is 18.9 Å². The lowest BCUT2D eigenvalue weighted by molar-refractivity contribution is -0.130. The van der Waals surface area contributed by atoms with Gasteiger partial charge in [-0.2, -0.15) is 0 Å². The highest BCUT2D eigenvalue weighted by atomic mass is 35.5. The molecule has 1 N–H and O–H groups in total. The van der Waals surface area contributed by atoms with Crippen molar-refractivity contribution in [1.29, 1.82) is 0 Å². The Bertz CT molecular complexity index is 478. The number of carbonyl (C=O) groups excluding carboxylic acids is 1. The van der Waals surface area contributed by atoms with Crippen LogP contribution in [0.5, 0.6) is 0 Å². The Balaban J connectivity index is 2.15. The third-order valence-electron chi connectivity index (χ3n) is 4.25. The molecule has 0 unspecified atom stereocenters. The average Bonchev–Trinajstić information content (AvgIpc) is 2.43. The molecule has 1 saturated heterocycles. The zero-order chi connectivity index (χ0) is 14.6. The number of nitrogens with one attached hydrogen (secondary N) is 1. The summed E-state index contributed by atoms with van der Waals surface area (Å²) in [5, 5.41) is 3.65. The summed E-state index contributed by atoms with van der Waals surface area (Å²) in [6.07, 6.45) is 4.01. The van der Waals surface area contributed by atoms with Crippen molar-refractivity contribution in [3.8, 4) is 0 Å². The molecule has 1 heterocycles. The summed E-state index contributed by atoms with van der Waals surface area (Å²) in [7, 11) is 0. The minimum Gasteiger partial charge on any atom is -0.317 e. The molecule has 1 aromatic rings. The van der Waals surface area contributed by atoms with E-state index in [-0.39, 0.29) is 17.0 Å². The normalized spacial score (nSPS) is 17.9. The number of hydrogen-bond acceptors (Lipinski definition) is 2. The summed E-state index contributed by atoms with van der Waals surface area (Å²) >= 11 is 6.03. The van der Waals surface area contributed by atoms with Crippen LogP contribution in [-0.2, 0) is 11.2 Å². The largest absolute Gasteiger partial charge is 0.317 e. The van der Waals surface area contributed by atoms with Gasteiger partial charge in [0.05, 0.1) is 0 Å². The first-order valence-electron chi connectivity index (χ1n) is 7.25. The average molecular weight is 298 g/mol. The van der Waals surface area contributed by atoms with E-state index in [0.717, 1.165) is 44.3 Å². The zero-order valence-corrected chi connectivity index (χ0v) is 12.6. The molecule has 1 aliphatic rings. The Morgan fingerprint density at radius 1 is 1.40 bits per heavy atom. The molecule has 2 nitrogen and oxygen atoms in total. The first-order valence-corrected chi connectivity index (χ1v) is 7.63. The third-order valence-corrected chi connectivity index (χ3v) is 4.60. The monoisotopic (exact) mass is 297 g/mol. The smallest absolute Gasteiger partial charge is 0.143 e. The molecule has 0 saturated carbocycles. The van der Waals surface area contributed by atoms with Gasteiger partial charge in [0.2, 0.25) is 0 Å². The highest BCUT2D eigenvalue weighted by Gasteiger charge is 2.38. The number of piperidine rings is 1. The number of carbonyl (C=O) groups is 1. The maximum atomic E-state index is 13.1. The van der Waals surface area contributed by atoms with Gasteiger partial charge in [-0.25, -0.2) is 4.39 Å². The van der Waals surface area contributed by atoms with E-state index in [1.54, 1.807) is 6.07 Å². The summed E-state index contributed by atoms with van der Waals surface area (Å²) in [6.45, 7) is 3.90. The molecule has 4 heteroatoms. The van der Waals surface area contributed by atoms with E-state index in [0.29, 0.717) is 11.4 Å². The van der Waals surface area contributed by atoms with Gasteiger partial charge in [0, 0.05) is 16.9 Å². The van der Waals surface area contributed by atoms with Crippen molar-refractivity contribution < 1.29 is 9.18 Å². The number of benzene rings is 1. The van der Waals surface area contributed by atoms with Crippen LogP contribution in [0.15, 0.2) is 18.2 Å². The quantitative estimate of drug-likeness (QED) is 0.896. The van der Waals surface area contributed by atoms with E-state index in [1.807, 2.05) is 0 Å². The Hall–Kier alpha value is -0.930. The van der Waals surface area contributed by atoms with Crippen LogP contribution < -0.4 is 5.32 Å². The van der Waals surface area contributed by atoms with Crippen molar-refractivity contribution in [3.05, 3.63) is 34.6 Å². The van der Waals surface area contributed by atoms with E-state index >= 15 is 0 Å². The van der Waals surface area contributed by atoms with Gasteiger partial charge >= 0.3 is 0 Å². The Labute approximate surface area is 124 Å². The fourth-order valence-electron chi connectivity index (χ4n) is 3.08. The second-order valence-electron chi connectivity index (χ2n) is 5.62. The summed E-state index contributed by atoms with van der Waals surface area (Å²) in [5.74, 6) is -0.120. The van der Waals surface area contributed by atoms with Crippen LogP contribution in [0.4, 0.5) is 4.39 Å². The molecular weight excluding hydrogens is 277 g/mol. The van der Waals surface area contributed by atoms with Gasteiger partial charge in [-0.15, -0.1) is 0 Å². The number of Topliss-reactive ketones (excluding diaryl/α,β-unsaturated/α-hetero) is 1. The van der Waals surface area contributed by atoms with Gasteiger partial charge in [0.15, 0.2) is 0 Å². The number of ketones is 1. The van der Waals surface area contributed by atoms with Crippen molar-refractivity contribution in [2.45, 2.75) is 39.0 Å². The van der Waals surface area contributed by atoms with Crippen LogP contribution in [0.2, 0.25) is 5.02 Å². The summed E-state index contributed by atoms with van der Waals surface area (Å²) in [4.78, 5) is 12.7. The second kappa shape index (κ2) is 6.68. The minimum atomic E-state index is -0.365. The number of halogens is 2. The highest BCUT2D eigenvalue weighted by molar-refractivity contribution is 6.31. The van der Waals surface area contributed by atoms with Crippen LogP contribution in [0, 0.1) is 11.2 Å². The molecule has 20 heavy (non-hydrogen) atoms. The molecule has 0 amide bonds. The number of hydrogen-bond donors (Lipinski definition) is 1. The molecule has 0 aliphatic carbocycles. The van der Waals surface area contributed by atoms with E-state index in [2.05, 4.69) is 12.2 Å². The predicted octanol–water partition coefficient (Wildman–Crippen LogP) is 3.76. The van der Waals surface area contributed by atoms with Gasteiger partial charge < -0.3 is 5.32 Å². The maximum Gasteiger partial charge on any atom is 0.143 e. The van der Waals surface area contributed by atoms with Crippen molar-refractivity contribution in [3.63, 3.8) is 0 Å². The van der Waals surface area contributed by atoms with E-state index < -0.39 is 0 Å². The van der Waals surface area contributed by atoms with Crippen molar-refractivity contribution in [1.82, 2.24) is 5.32 Å². The van der Waals surface area contributed by atoms with Gasteiger partial charge in [-0.05, 0) is 50.0 Å². The Morgan fingerprint density at radius 2 is 2.10 bits per heavy atom. The fraction of sp³-hybridized carbons (Fsp3) is 0.562. The maximum absolute atomic E-state index is 13.1. The molecule has 1 fully saturated rings. The lowest BCUT2D eigenvalue weighted by Gasteiger charge is -2.36. The lowest BCUT2D eigenvalue weighted by Crippen LogP contribution is -2.42. The lowest BCUT2D eigenvalue weighted by atomic mass is 9.70. The molecule has 0 bridgehead atoms. The second-order valence-corrected chi connectivity index (χ2v) is 6.02. The number of rotatable bonds is 5. The molecule has 0 spiro atoms. The standard InChI is InChI=1S/C16H21ClFNO/c1-2-5-16(6-8-19-9-7-16)15(20)10-12-3-4-13(18)11-14(12)17/h3-4,11,19H,2,5-10H2,1H3. The topological polar surface area (TPSA) is 29.1 Å². The predicted molar refractivity (Wildman–Crippen MR) is 79.6 cm³/mol. The first-order chi connectivity index (χ1) is 9.57. The molecule has 1 aliphatic heterocycles. The fourth-order valence-corrected chi connectivity index (χ4v) is 3.31. The van der Waals surface area contributed by atoms with Crippen molar-refractivity contribution in [2.24, 2.45) is 5.41 Å². The summed E-state index contributed by atoms with van der Waals surface area (Å²) in [6, 6.07) is 4.26. The highest BCUT2D eigenvalue weighted by Crippen LogP contribution is 2.36. The van der Waals surface area contributed by atoms with Crippen molar-refractivity contribution >= 4 is 17.4 Å². The SMILES string of the molecule is CCCC1(C(=O)Cc2ccc(F)cc2Cl)CCNCC1. The van der Waals surface area contributed by atoms with Gasteiger partial charge in [0.25, 0.3) is 0 Å². The van der Waals surface area contributed by atoms with Crippen LogP contribution in [0.25, 0.3) is 0 Å². The van der Waals surface area contributed by atoms with E-state index in [4.69, 9.17) is 11.6 Å². The molecular formula is C16H21ClFNO. The van der Waals surface area contributed by atoms with Crippen LogP contribution >= 0.6 is 11.6 Å². The van der Waals surface area contributed by atoms with Gasteiger partial charge in [0.1, 0.15) is 11.6 Å². The molecule has 0 aromatic heterocycles. The summed E-state index contributed by atoms with van der Waals surface area (Å²) < 4.78 is 13.1. The van der Waals surface area contributed by atoms with Gasteiger partial charge in [-0.3, -0.25) is 4.79 Å². The molecule has 2 rings (SSSR count). The molecule has 1 aromatic carbocycles. The van der Waals surface area contributed by atoms with Crippen LogP contribution in [0.3, 0.4) is 0 Å². The molecule has 110 valence electrons. The Kier molecular flexibility index (Phi) is 5.17. The minimum absolute atomic E-state index is 0.224. The first kappa shape index (κ1) is 15.5.